The van der Waals surface area contributed by atoms with E-state index in [0.29, 0.717) is 13.0 Å². The summed E-state index contributed by atoms with van der Waals surface area (Å²) in [5.41, 5.74) is -2.09. The Hall–Kier alpha value is -1.48. The van der Waals surface area contributed by atoms with Gasteiger partial charge in [0.2, 0.25) is 0 Å². The van der Waals surface area contributed by atoms with Gasteiger partial charge < -0.3 is 29.2 Å². The highest BCUT2D eigenvalue weighted by Gasteiger charge is 2.87. The number of rotatable bonds is 3. The Morgan fingerprint density at radius 1 is 1.30 bits per heavy atom. The highest BCUT2D eigenvalue weighted by atomic mass is 16.7. The number of aliphatic hydroxyl groups is 2. The van der Waals surface area contributed by atoms with E-state index in [-0.39, 0.29) is 6.61 Å². The lowest BCUT2D eigenvalue weighted by Crippen LogP contribution is -2.71. The molecule has 2 saturated heterocycles. The van der Waals surface area contributed by atoms with Crippen molar-refractivity contribution in [1.82, 2.24) is 0 Å². The summed E-state index contributed by atoms with van der Waals surface area (Å²) in [6.07, 6.45) is -2.04. The number of aliphatic hydroxyl groups excluding tert-OH is 2. The van der Waals surface area contributed by atoms with Gasteiger partial charge in [0, 0.05) is 13.8 Å². The van der Waals surface area contributed by atoms with E-state index in [4.69, 9.17) is 18.9 Å². The highest BCUT2D eigenvalue weighted by molar-refractivity contribution is 5.67. The highest BCUT2D eigenvalue weighted by Crippen LogP contribution is 2.72. The maximum atomic E-state index is 11.8. The van der Waals surface area contributed by atoms with E-state index in [2.05, 4.69) is 0 Å². The molecule has 1 spiro atoms. The van der Waals surface area contributed by atoms with Crippen molar-refractivity contribution in [1.29, 1.82) is 0 Å². The second-order valence-corrected chi connectivity index (χ2v) is 8.43. The largest absolute Gasteiger partial charge is 0.465 e. The van der Waals surface area contributed by atoms with Crippen LogP contribution >= 0.6 is 0 Å². The van der Waals surface area contributed by atoms with Crippen LogP contribution in [-0.2, 0) is 28.5 Å². The maximum absolute atomic E-state index is 11.8. The molecule has 150 valence electrons. The van der Waals surface area contributed by atoms with Crippen molar-refractivity contribution in [2.45, 2.75) is 70.2 Å². The lowest BCUT2D eigenvalue weighted by atomic mass is 9.50. The standard InChI is InChI=1S/C19H26O8/c1-9-5-12(22)18(7-24-10(2)20)13(6-9)27-16-14(23)15(26-11(3)21)17(18,4)19(16)8-25-19/h6,12-16,22-23H,5,7-8H2,1-4H3/t12?,13-,14-,15-,16-,17-,18+,19+/m1/s1. The third-order valence-electron chi connectivity index (χ3n) is 7.10. The van der Waals surface area contributed by atoms with E-state index in [1.807, 2.05) is 19.9 Å². The van der Waals surface area contributed by atoms with Crippen LogP contribution in [0.25, 0.3) is 0 Å². The normalized spacial score (nSPS) is 50.0. The van der Waals surface area contributed by atoms with E-state index in [9.17, 15) is 19.8 Å². The Labute approximate surface area is 157 Å². The molecule has 2 aliphatic carbocycles. The van der Waals surface area contributed by atoms with Crippen molar-refractivity contribution in [2.24, 2.45) is 10.8 Å². The quantitative estimate of drug-likeness (QED) is 0.401. The number of carbonyl (C=O) groups is 2. The molecule has 8 atom stereocenters. The lowest BCUT2D eigenvalue weighted by molar-refractivity contribution is -0.262. The molecule has 0 aromatic rings. The molecule has 2 bridgehead atoms. The first kappa shape index (κ1) is 18.9. The van der Waals surface area contributed by atoms with Gasteiger partial charge in [-0.25, -0.2) is 0 Å². The number of hydrogen-bond acceptors (Lipinski definition) is 8. The summed E-state index contributed by atoms with van der Waals surface area (Å²) >= 11 is 0. The molecule has 2 heterocycles. The van der Waals surface area contributed by atoms with Gasteiger partial charge in [-0.05, 0) is 13.3 Å². The van der Waals surface area contributed by atoms with Crippen LogP contribution in [0.2, 0.25) is 0 Å². The lowest BCUT2D eigenvalue weighted by Gasteiger charge is -2.59. The van der Waals surface area contributed by atoms with Crippen LogP contribution in [-0.4, -0.2) is 71.5 Å². The van der Waals surface area contributed by atoms with E-state index in [1.54, 1.807) is 0 Å². The number of hydrogen-bond donors (Lipinski definition) is 2. The molecule has 0 amide bonds. The van der Waals surface area contributed by atoms with Crippen LogP contribution < -0.4 is 0 Å². The van der Waals surface area contributed by atoms with Crippen molar-refractivity contribution in [3.8, 4) is 0 Å². The maximum Gasteiger partial charge on any atom is 0.303 e. The van der Waals surface area contributed by atoms with Crippen molar-refractivity contribution < 1.29 is 38.7 Å². The number of esters is 2. The third-order valence-corrected chi connectivity index (χ3v) is 7.10. The molecular weight excluding hydrogens is 356 g/mol. The number of carbonyl (C=O) groups excluding carboxylic acids is 2. The van der Waals surface area contributed by atoms with Gasteiger partial charge in [-0.3, -0.25) is 9.59 Å². The summed E-state index contributed by atoms with van der Waals surface area (Å²) in [4.78, 5) is 23.4. The molecule has 4 aliphatic rings. The zero-order chi connectivity index (χ0) is 19.8. The average Bonchev–Trinajstić information content (AvgIpc) is 3.34. The Bertz CT molecular complexity index is 712. The monoisotopic (exact) mass is 382 g/mol. The van der Waals surface area contributed by atoms with Crippen molar-refractivity contribution in [3.63, 3.8) is 0 Å². The van der Waals surface area contributed by atoms with Gasteiger partial charge >= 0.3 is 11.9 Å². The molecule has 2 aliphatic heterocycles. The molecule has 2 N–H and O–H groups in total. The molecule has 8 nitrogen and oxygen atoms in total. The predicted molar refractivity (Wildman–Crippen MR) is 90.5 cm³/mol. The van der Waals surface area contributed by atoms with Gasteiger partial charge in [-0.1, -0.05) is 18.6 Å². The van der Waals surface area contributed by atoms with Crippen LogP contribution in [0.4, 0.5) is 0 Å². The molecule has 8 heteroatoms. The Balaban J connectivity index is 1.90. The predicted octanol–water partition coefficient (Wildman–Crippen LogP) is 0.0957. The summed E-state index contributed by atoms with van der Waals surface area (Å²) in [7, 11) is 0. The van der Waals surface area contributed by atoms with E-state index in [0.717, 1.165) is 5.57 Å². The minimum absolute atomic E-state index is 0.128. The molecule has 3 fully saturated rings. The molecule has 0 aromatic heterocycles. The summed E-state index contributed by atoms with van der Waals surface area (Å²) in [5.74, 6) is -1.03. The summed E-state index contributed by atoms with van der Waals surface area (Å²) < 4.78 is 23.0. The minimum Gasteiger partial charge on any atom is -0.465 e. The second-order valence-electron chi connectivity index (χ2n) is 8.43. The SMILES string of the molecule is CC(=O)OC[C@]12C(O)CC(C)=C[C@H]1O[C@@H]1[C@H](O)[C@@H](OC(C)=O)[C@@]2(C)[C@]12CO2. The van der Waals surface area contributed by atoms with Gasteiger partial charge in [0.15, 0.2) is 0 Å². The van der Waals surface area contributed by atoms with Crippen LogP contribution in [0.1, 0.15) is 34.1 Å². The number of fused-ring (bicyclic) bond motifs is 2. The van der Waals surface area contributed by atoms with Gasteiger partial charge in [0.25, 0.3) is 0 Å². The summed E-state index contributed by atoms with van der Waals surface area (Å²) in [6, 6.07) is 0. The zero-order valence-corrected chi connectivity index (χ0v) is 15.9. The van der Waals surface area contributed by atoms with E-state index < -0.39 is 58.9 Å². The Morgan fingerprint density at radius 3 is 2.52 bits per heavy atom. The fourth-order valence-electron chi connectivity index (χ4n) is 5.73. The molecule has 4 rings (SSSR count). The molecule has 1 unspecified atom stereocenters. The van der Waals surface area contributed by atoms with E-state index in [1.165, 1.54) is 13.8 Å². The summed E-state index contributed by atoms with van der Waals surface area (Å²) in [6.45, 7) is 6.49. The molecule has 27 heavy (non-hydrogen) atoms. The topological polar surface area (TPSA) is 115 Å². The smallest absolute Gasteiger partial charge is 0.303 e. The molecular formula is C19H26O8. The number of ether oxygens (including phenoxy) is 4. The zero-order valence-electron chi connectivity index (χ0n) is 15.9. The van der Waals surface area contributed by atoms with Gasteiger partial charge in [0.1, 0.15) is 30.5 Å². The average molecular weight is 382 g/mol. The van der Waals surface area contributed by atoms with Crippen molar-refractivity contribution in [3.05, 3.63) is 11.6 Å². The second kappa shape index (κ2) is 5.76. The first-order valence-corrected chi connectivity index (χ1v) is 9.23. The van der Waals surface area contributed by atoms with Gasteiger partial charge in [0.05, 0.1) is 29.6 Å². The molecule has 0 aromatic carbocycles. The fraction of sp³-hybridized carbons (Fsp3) is 0.789. The molecule has 0 radical (unpaired) electrons. The fourth-order valence-corrected chi connectivity index (χ4v) is 5.73. The van der Waals surface area contributed by atoms with Crippen molar-refractivity contribution >= 4 is 11.9 Å². The molecule has 1 saturated carbocycles. The van der Waals surface area contributed by atoms with Crippen LogP contribution in [0.15, 0.2) is 11.6 Å². The summed E-state index contributed by atoms with van der Waals surface area (Å²) in [5, 5.41) is 22.2. The first-order valence-electron chi connectivity index (χ1n) is 9.23. The third kappa shape index (κ3) is 2.18. The van der Waals surface area contributed by atoms with E-state index >= 15 is 0 Å². The van der Waals surface area contributed by atoms with Crippen molar-refractivity contribution in [2.75, 3.05) is 13.2 Å². The van der Waals surface area contributed by atoms with Gasteiger partial charge in [-0.15, -0.1) is 0 Å². The Morgan fingerprint density at radius 2 is 1.96 bits per heavy atom. The minimum atomic E-state index is -1.12. The van der Waals surface area contributed by atoms with Crippen LogP contribution in [0.5, 0.6) is 0 Å². The Kier molecular flexibility index (Phi) is 4.03. The van der Waals surface area contributed by atoms with Crippen LogP contribution in [0, 0.1) is 10.8 Å². The first-order chi connectivity index (χ1) is 12.6. The van der Waals surface area contributed by atoms with Crippen LogP contribution in [0.3, 0.4) is 0 Å². The van der Waals surface area contributed by atoms with Gasteiger partial charge in [-0.2, -0.15) is 0 Å². The number of epoxide rings is 1.